The van der Waals surface area contributed by atoms with Gasteiger partial charge in [0.2, 0.25) is 0 Å². The number of anilines is 1. The Morgan fingerprint density at radius 1 is 1.20 bits per heavy atom. The number of rotatable bonds is 3. The van der Waals surface area contributed by atoms with Gasteiger partial charge in [-0.05, 0) is 48.2 Å². The molecule has 4 nitrogen and oxygen atoms in total. The number of fused-ring (bicyclic) bond motifs is 2. The van der Waals surface area contributed by atoms with Crippen molar-refractivity contribution in [2.45, 2.75) is 19.4 Å². The van der Waals surface area contributed by atoms with E-state index >= 15 is 0 Å². The molecule has 0 aliphatic carbocycles. The van der Waals surface area contributed by atoms with Gasteiger partial charge >= 0.3 is 5.97 Å². The van der Waals surface area contributed by atoms with Crippen LogP contribution in [-0.4, -0.2) is 24.6 Å². The molecular formula is C21H20N2O2. The number of aromatic nitrogens is 1. The van der Waals surface area contributed by atoms with Crippen LogP contribution >= 0.6 is 0 Å². The number of hydrogen-bond donors (Lipinski definition) is 0. The molecule has 0 atom stereocenters. The standard InChI is InChI=1S/C21H20N2O2/c1-25-21(24)17-9-10-19-16(13-17)8-4-12-23(19)14-18-6-2-5-15-7-3-11-22-20(15)18/h2-3,5-7,9-11,13H,4,8,12,14H2,1H3. The molecule has 1 aromatic heterocycles. The molecule has 126 valence electrons. The fraction of sp³-hybridized carbons (Fsp3) is 0.238. The highest BCUT2D eigenvalue weighted by Gasteiger charge is 2.19. The quantitative estimate of drug-likeness (QED) is 0.681. The SMILES string of the molecule is COC(=O)c1ccc2c(c1)CCCN2Cc1cccc2cccnc12. The van der Waals surface area contributed by atoms with Crippen LogP contribution in [0.5, 0.6) is 0 Å². The molecule has 1 aliphatic rings. The summed E-state index contributed by atoms with van der Waals surface area (Å²) in [5.41, 5.74) is 5.32. The molecular weight excluding hydrogens is 312 g/mol. The predicted molar refractivity (Wildman–Crippen MR) is 98.9 cm³/mol. The lowest BCUT2D eigenvalue weighted by Gasteiger charge is -2.32. The van der Waals surface area contributed by atoms with Crippen molar-refractivity contribution in [2.24, 2.45) is 0 Å². The Bertz CT molecular complexity index is 931. The second-order valence-corrected chi connectivity index (χ2v) is 6.35. The highest BCUT2D eigenvalue weighted by molar-refractivity contribution is 5.90. The zero-order valence-electron chi connectivity index (χ0n) is 14.2. The lowest BCUT2D eigenvalue weighted by atomic mass is 9.98. The molecule has 1 aliphatic heterocycles. The smallest absolute Gasteiger partial charge is 0.337 e. The van der Waals surface area contributed by atoms with Crippen molar-refractivity contribution in [3.05, 3.63) is 71.4 Å². The summed E-state index contributed by atoms with van der Waals surface area (Å²) in [6, 6.07) is 16.3. The van der Waals surface area contributed by atoms with Crippen LogP contribution in [0.25, 0.3) is 10.9 Å². The molecule has 0 N–H and O–H groups in total. The van der Waals surface area contributed by atoms with Crippen molar-refractivity contribution in [2.75, 3.05) is 18.6 Å². The third kappa shape index (κ3) is 2.95. The normalized spacial score (nSPS) is 13.6. The number of hydrogen-bond acceptors (Lipinski definition) is 4. The Hall–Kier alpha value is -2.88. The molecule has 4 heteroatoms. The predicted octanol–water partition coefficient (Wildman–Crippen LogP) is 3.97. The summed E-state index contributed by atoms with van der Waals surface area (Å²) in [7, 11) is 1.42. The Kier molecular flexibility index (Phi) is 4.10. The van der Waals surface area contributed by atoms with E-state index in [1.54, 1.807) is 0 Å². The summed E-state index contributed by atoms with van der Waals surface area (Å²) >= 11 is 0. The van der Waals surface area contributed by atoms with Crippen molar-refractivity contribution in [3.8, 4) is 0 Å². The molecule has 0 fully saturated rings. The Labute approximate surface area is 147 Å². The first-order chi connectivity index (χ1) is 12.3. The first-order valence-corrected chi connectivity index (χ1v) is 8.55. The molecule has 0 radical (unpaired) electrons. The minimum Gasteiger partial charge on any atom is -0.465 e. The van der Waals surface area contributed by atoms with Gasteiger partial charge in [0, 0.05) is 30.4 Å². The number of aryl methyl sites for hydroxylation is 1. The van der Waals surface area contributed by atoms with Gasteiger partial charge in [-0.2, -0.15) is 0 Å². The number of nitrogens with zero attached hydrogens (tertiary/aromatic N) is 2. The first-order valence-electron chi connectivity index (χ1n) is 8.55. The minimum atomic E-state index is -0.279. The molecule has 0 bridgehead atoms. The van der Waals surface area contributed by atoms with Gasteiger partial charge < -0.3 is 9.64 Å². The zero-order valence-corrected chi connectivity index (χ0v) is 14.2. The molecule has 25 heavy (non-hydrogen) atoms. The van der Waals surface area contributed by atoms with E-state index in [1.807, 2.05) is 30.5 Å². The van der Waals surface area contributed by atoms with Crippen LogP contribution in [0.1, 0.15) is 27.9 Å². The van der Waals surface area contributed by atoms with Gasteiger partial charge in [0.05, 0.1) is 18.2 Å². The largest absolute Gasteiger partial charge is 0.465 e. The van der Waals surface area contributed by atoms with Crippen LogP contribution in [0.4, 0.5) is 5.69 Å². The fourth-order valence-electron chi connectivity index (χ4n) is 3.58. The lowest BCUT2D eigenvalue weighted by molar-refractivity contribution is 0.0600. The van der Waals surface area contributed by atoms with Gasteiger partial charge in [0.1, 0.15) is 0 Å². The molecule has 2 aromatic carbocycles. The molecule has 0 unspecified atom stereocenters. The second kappa shape index (κ2) is 6.55. The number of carbonyl (C=O) groups is 1. The molecule has 3 aromatic rings. The Morgan fingerprint density at radius 3 is 2.96 bits per heavy atom. The van der Waals surface area contributed by atoms with E-state index in [4.69, 9.17) is 4.74 Å². The van der Waals surface area contributed by atoms with Gasteiger partial charge in [-0.25, -0.2) is 4.79 Å². The lowest BCUT2D eigenvalue weighted by Crippen LogP contribution is -2.29. The van der Waals surface area contributed by atoms with Crippen LogP contribution in [0.15, 0.2) is 54.7 Å². The van der Waals surface area contributed by atoms with Gasteiger partial charge in [-0.1, -0.05) is 24.3 Å². The van der Waals surface area contributed by atoms with Crippen LogP contribution in [-0.2, 0) is 17.7 Å². The molecule has 0 spiro atoms. The monoisotopic (exact) mass is 332 g/mol. The Balaban J connectivity index is 1.68. The number of para-hydroxylation sites is 1. The Morgan fingerprint density at radius 2 is 2.08 bits per heavy atom. The van der Waals surface area contributed by atoms with E-state index < -0.39 is 0 Å². The number of ether oxygens (including phenoxy) is 1. The van der Waals surface area contributed by atoms with E-state index in [2.05, 4.69) is 34.1 Å². The summed E-state index contributed by atoms with van der Waals surface area (Å²) in [6.45, 7) is 1.83. The van der Waals surface area contributed by atoms with Crippen molar-refractivity contribution in [3.63, 3.8) is 0 Å². The maximum atomic E-state index is 11.8. The highest BCUT2D eigenvalue weighted by atomic mass is 16.5. The maximum absolute atomic E-state index is 11.8. The maximum Gasteiger partial charge on any atom is 0.337 e. The van der Waals surface area contributed by atoms with E-state index in [0.29, 0.717) is 5.56 Å². The van der Waals surface area contributed by atoms with Crippen molar-refractivity contribution < 1.29 is 9.53 Å². The molecule has 0 saturated heterocycles. The van der Waals surface area contributed by atoms with E-state index in [0.717, 1.165) is 31.4 Å². The molecule has 0 saturated carbocycles. The van der Waals surface area contributed by atoms with Crippen molar-refractivity contribution in [1.82, 2.24) is 4.98 Å². The third-order valence-corrected chi connectivity index (χ3v) is 4.79. The average molecular weight is 332 g/mol. The summed E-state index contributed by atoms with van der Waals surface area (Å²) in [4.78, 5) is 18.7. The molecule has 0 amide bonds. The van der Waals surface area contributed by atoms with E-state index in [1.165, 1.54) is 29.3 Å². The summed E-state index contributed by atoms with van der Waals surface area (Å²) in [5.74, 6) is -0.279. The van der Waals surface area contributed by atoms with Crippen LogP contribution < -0.4 is 4.90 Å². The van der Waals surface area contributed by atoms with Gasteiger partial charge in [0.25, 0.3) is 0 Å². The van der Waals surface area contributed by atoms with Gasteiger partial charge in [0.15, 0.2) is 0 Å². The van der Waals surface area contributed by atoms with Crippen LogP contribution in [0.3, 0.4) is 0 Å². The van der Waals surface area contributed by atoms with Crippen molar-refractivity contribution in [1.29, 1.82) is 0 Å². The van der Waals surface area contributed by atoms with Crippen LogP contribution in [0, 0.1) is 0 Å². The first kappa shape index (κ1) is 15.6. The highest BCUT2D eigenvalue weighted by Crippen LogP contribution is 2.30. The minimum absolute atomic E-state index is 0.279. The number of methoxy groups -OCH3 is 1. The van der Waals surface area contributed by atoms with Crippen molar-refractivity contribution >= 4 is 22.6 Å². The second-order valence-electron chi connectivity index (χ2n) is 6.35. The number of esters is 1. The summed E-state index contributed by atoms with van der Waals surface area (Å²) in [6.07, 6.45) is 3.92. The molecule has 4 rings (SSSR count). The number of carbonyl (C=O) groups excluding carboxylic acids is 1. The number of pyridine rings is 1. The third-order valence-electron chi connectivity index (χ3n) is 4.79. The van der Waals surface area contributed by atoms with E-state index in [9.17, 15) is 4.79 Å². The van der Waals surface area contributed by atoms with E-state index in [-0.39, 0.29) is 5.97 Å². The number of benzene rings is 2. The zero-order chi connectivity index (χ0) is 17.2. The average Bonchev–Trinajstić information content (AvgIpc) is 2.67. The van der Waals surface area contributed by atoms with Gasteiger partial charge in [-0.3, -0.25) is 4.98 Å². The van der Waals surface area contributed by atoms with Crippen LogP contribution in [0.2, 0.25) is 0 Å². The van der Waals surface area contributed by atoms with Gasteiger partial charge in [-0.15, -0.1) is 0 Å². The molecule has 2 heterocycles. The summed E-state index contributed by atoms with van der Waals surface area (Å²) < 4.78 is 4.84. The topological polar surface area (TPSA) is 42.4 Å². The fourth-order valence-corrected chi connectivity index (χ4v) is 3.58. The summed E-state index contributed by atoms with van der Waals surface area (Å²) in [5, 5.41) is 1.17.